The summed E-state index contributed by atoms with van der Waals surface area (Å²) in [5, 5.41) is 3.21. The lowest BCUT2D eigenvalue weighted by molar-refractivity contribution is -0.131. The summed E-state index contributed by atoms with van der Waals surface area (Å²) < 4.78 is 0. The van der Waals surface area contributed by atoms with E-state index in [0.29, 0.717) is 19.5 Å². The van der Waals surface area contributed by atoms with Crippen molar-refractivity contribution in [1.29, 1.82) is 0 Å². The topological polar surface area (TPSA) is 75.4 Å². The SMILES string of the molecule is NC(Cc1ccccc1)C(=O)N1CCC2(CCc3ccccc3C(=O)N2)C1. The van der Waals surface area contributed by atoms with Crippen LogP contribution in [-0.2, 0) is 17.6 Å². The second kappa shape index (κ2) is 7.16. The number of nitrogens with zero attached hydrogens (tertiary/aromatic N) is 1. The minimum Gasteiger partial charge on any atom is -0.345 e. The van der Waals surface area contributed by atoms with Crippen LogP contribution in [0.1, 0.15) is 34.3 Å². The van der Waals surface area contributed by atoms with Gasteiger partial charge in [0.2, 0.25) is 5.91 Å². The van der Waals surface area contributed by atoms with Gasteiger partial charge in [0.05, 0.1) is 11.6 Å². The molecule has 0 bridgehead atoms. The van der Waals surface area contributed by atoms with Crippen LogP contribution in [0.3, 0.4) is 0 Å². The van der Waals surface area contributed by atoms with Crippen LogP contribution in [-0.4, -0.2) is 41.4 Å². The first-order chi connectivity index (χ1) is 13.1. The third kappa shape index (κ3) is 3.60. The number of hydrogen-bond donors (Lipinski definition) is 2. The Morgan fingerprint density at radius 2 is 1.85 bits per heavy atom. The summed E-state index contributed by atoms with van der Waals surface area (Å²) in [4.78, 5) is 27.4. The summed E-state index contributed by atoms with van der Waals surface area (Å²) in [6.45, 7) is 1.17. The van der Waals surface area contributed by atoms with Gasteiger partial charge in [0.15, 0.2) is 0 Å². The third-order valence-electron chi connectivity index (χ3n) is 5.79. The number of aryl methyl sites for hydroxylation is 1. The Morgan fingerprint density at radius 1 is 1.11 bits per heavy atom. The van der Waals surface area contributed by atoms with E-state index < -0.39 is 6.04 Å². The fourth-order valence-corrected chi connectivity index (χ4v) is 4.26. The third-order valence-corrected chi connectivity index (χ3v) is 5.79. The highest BCUT2D eigenvalue weighted by Crippen LogP contribution is 2.31. The van der Waals surface area contributed by atoms with Crippen LogP contribution in [0.4, 0.5) is 0 Å². The molecule has 3 N–H and O–H groups in total. The molecule has 0 aliphatic carbocycles. The van der Waals surface area contributed by atoms with E-state index in [1.165, 1.54) is 0 Å². The predicted molar refractivity (Wildman–Crippen MR) is 104 cm³/mol. The van der Waals surface area contributed by atoms with E-state index in [-0.39, 0.29) is 17.4 Å². The number of nitrogens with two attached hydrogens (primary N) is 1. The van der Waals surface area contributed by atoms with Gasteiger partial charge >= 0.3 is 0 Å². The van der Waals surface area contributed by atoms with Crippen molar-refractivity contribution in [2.24, 2.45) is 5.73 Å². The fourth-order valence-electron chi connectivity index (χ4n) is 4.26. The zero-order valence-corrected chi connectivity index (χ0v) is 15.4. The molecule has 2 aromatic carbocycles. The normalized spacial score (nSPS) is 22.9. The van der Waals surface area contributed by atoms with Crippen molar-refractivity contribution in [3.05, 3.63) is 71.3 Å². The van der Waals surface area contributed by atoms with Gasteiger partial charge in [-0.15, -0.1) is 0 Å². The molecule has 27 heavy (non-hydrogen) atoms. The van der Waals surface area contributed by atoms with Gasteiger partial charge in [0, 0.05) is 18.7 Å². The van der Waals surface area contributed by atoms with Crippen LogP contribution in [0, 0.1) is 0 Å². The minimum atomic E-state index is -0.554. The van der Waals surface area contributed by atoms with Crippen LogP contribution in [0.25, 0.3) is 0 Å². The minimum absolute atomic E-state index is 0.0354. The van der Waals surface area contributed by atoms with Gasteiger partial charge in [0.1, 0.15) is 0 Å². The number of hydrogen-bond acceptors (Lipinski definition) is 3. The Morgan fingerprint density at radius 3 is 2.67 bits per heavy atom. The van der Waals surface area contributed by atoms with Crippen LogP contribution < -0.4 is 11.1 Å². The standard InChI is InChI=1S/C22H25N3O2/c23-19(14-16-6-2-1-3-7-16)21(27)25-13-12-22(15-25)11-10-17-8-4-5-9-18(17)20(26)24-22/h1-9,19H,10-15,23H2,(H,24,26). The first kappa shape index (κ1) is 17.7. The molecule has 1 spiro atoms. The van der Waals surface area contributed by atoms with E-state index in [0.717, 1.165) is 36.0 Å². The van der Waals surface area contributed by atoms with Crippen LogP contribution in [0.2, 0.25) is 0 Å². The fraction of sp³-hybridized carbons (Fsp3) is 0.364. The highest BCUT2D eigenvalue weighted by molar-refractivity contribution is 5.96. The number of nitrogens with one attached hydrogen (secondary N) is 1. The second-order valence-corrected chi connectivity index (χ2v) is 7.70. The molecule has 2 heterocycles. The summed E-state index contributed by atoms with van der Waals surface area (Å²) in [6.07, 6.45) is 2.98. The molecule has 5 nitrogen and oxygen atoms in total. The zero-order valence-electron chi connectivity index (χ0n) is 15.4. The Labute approximate surface area is 159 Å². The van der Waals surface area contributed by atoms with E-state index in [2.05, 4.69) is 5.32 Å². The van der Waals surface area contributed by atoms with Gasteiger partial charge < -0.3 is 16.0 Å². The number of likely N-dealkylation sites (tertiary alicyclic amines) is 1. The number of amides is 2. The van der Waals surface area contributed by atoms with Crippen molar-refractivity contribution in [2.75, 3.05) is 13.1 Å². The van der Waals surface area contributed by atoms with Crippen molar-refractivity contribution in [3.63, 3.8) is 0 Å². The van der Waals surface area contributed by atoms with Gasteiger partial charge in [-0.05, 0) is 42.9 Å². The number of fused-ring (bicyclic) bond motifs is 1. The van der Waals surface area contributed by atoms with Gasteiger partial charge in [-0.1, -0.05) is 48.5 Å². The largest absolute Gasteiger partial charge is 0.345 e. The monoisotopic (exact) mass is 363 g/mol. The molecule has 140 valence electrons. The molecule has 1 fully saturated rings. The summed E-state index contributed by atoms with van der Waals surface area (Å²) in [6, 6.07) is 17.0. The quantitative estimate of drug-likeness (QED) is 0.875. The molecule has 0 aromatic heterocycles. The smallest absolute Gasteiger partial charge is 0.252 e. The molecule has 2 aromatic rings. The van der Waals surface area contributed by atoms with Crippen molar-refractivity contribution >= 4 is 11.8 Å². The molecule has 2 atom stereocenters. The first-order valence-electron chi connectivity index (χ1n) is 9.55. The second-order valence-electron chi connectivity index (χ2n) is 7.70. The number of benzene rings is 2. The molecule has 4 rings (SSSR count). The molecular formula is C22H25N3O2. The Bertz CT molecular complexity index is 852. The average molecular weight is 363 g/mol. The maximum Gasteiger partial charge on any atom is 0.252 e. The van der Waals surface area contributed by atoms with Crippen molar-refractivity contribution in [3.8, 4) is 0 Å². The van der Waals surface area contributed by atoms with Gasteiger partial charge in [-0.2, -0.15) is 0 Å². The Hall–Kier alpha value is -2.66. The first-order valence-corrected chi connectivity index (χ1v) is 9.55. The number of rotatable bonds is 3. The van der Waals surface area contributed by atoms with E-state index in [1.807, 2.05) is 59.5 Å². The van der Waals surface area contributed by atoms with E-state index in [9.17, 15) is 9.59 Å². The van der Waals surface area contributed by atoms with Gasteiger partial charge in [0.25, 0.3) is 5.91 Å². The van der Waals surface area contributed by atoms with E-state index >= 15 is 0 Å². The highest BCUT2D eigenvalue weighted by Gasteiger charge is 2.43. The molecular weight excluding hydrogens is 338 g/mol. The molecule has 2 amide bonds. The molecule has 0 saturated carbocycles. The van der Waals surface area contributed by atoms with Crippen LogP contribution >= 0.6 is 0 Å². The molecule has 1 saturated heterocycles. The molecule has 0 radical (unpaired) electrons. The maximum absolute atomic E-state index is 12.8. The predicted octanol–water partition coefficient (Wildman–Crippen LogP) is 1.90. The summed E-state index contributed by atoms with van der Waals surface area (Å²) in [7, 11) is 0. The van der Waals surface area contributed by atoms with Crippen LogP contribution in [0.5, 0.6) is 0 Å². The highest BCUT2D eigenvalue weighted by atomic mass is 16.2. The summed E-state index contributed by atoms with van der Waals surface area (Å²) in [5.41, 5.74) is 8.74. The number of carbonyl (C=O) groups excluding carboxylic acids is 2. The maximum atomic E-state index is 12.8. The summed E-state index contributed by atoms with van der Waals surface area (Å²) >= 11 is 0. The molecule has 5 heteroatoms. The van der Waals surface area contributed by atoms with Crippen LogP contribution in [0.15, 0.2) is 54.6 Å². The zero-order chi connectivity index (χ0) is 18.9. The van der Waals surface area contributed by atoms with Crippen molar-refractivity contribution in [1.82, 2.24) is 10.2 Å². The molecule has 2 aliphatic heterocycles. The van der Waals surface area contributed by atoms with E-state index in [1.54, 1.807) is 0 Å². The van der Waals surface area contributed by atoms with Gasteiger partial charge in [-0.25, -0.2) is 0 Å². The van der Waals surface area contributed by atoms with E-state index in [4.69, 9.17) is 5.73 Å². The lowest BCUT2D eigenvalue weighted by Crippen LogP contribution is -2.52. The Balaban J connectivity index is 1.44. The van der Waals surface area contributed by atoms with Crippen molar-refractivity contribution < 1.29 is 9.59 Å². The number of carbonyl (C=O) groups is 2. The lowest BCUT2D eigenvalue weighted by atomic mass is 9.91. The molecule has 2 aliphatic rings. The Kier molecular flexibility index (Phi) is 4.70. The average Bonchev–Trinajstić information content (AvgIpc) is 3.04. The molecule has 2 unspecified atom stereocenters. The van der Waals surface area contributed by atoms with Crippen molar-refractivity contribution in [2.45, 2.75) is 37.3 Å². The van der Waals surface area contributed by atoms with Gasteiger partial charge in [-0.3, -0.25) is 9.59 Å². The summed E-state index contributed by atoms with van der Waals surface area (Å²) in [5.74, 6) is -0.0716. The lowest BCUT2D eigenvalue weighted by Gasteiger charge is -2.29.